The molecule has 1 heterocycles. The molecule has 2 aromatic rings. The van der Waals surface area contributed by atoms with E-state index in [4.69, 9.17) is 22.1 Å². The van der Waals surface area contributed by atoms with Gasteiger partial charge in [0.25, 0.3) is 0 Å². The average Bonchev–Trinajstić information content (AvgIpc) is 2.84. The van der Waals surface area contributed by atoms with Crippen LogP contribution in [0.5, 0.6) is 5.75 Å². The van der Waals surface area contributed by atoms with E-state index in [-0.39, 0.29) is 0 Å². The molecular weight excluding hydrogens is 266 g/mol. The van der Waals surface area contributed by atoms with E-state index < -0.39 is 0 Å². The Morgan fingerprint density at radius 1 is 1.28 bits per heavy atom. The lowest BCUT2D eigenvalue weighted by atomic mass is 10.3. The van der Waals surface area contributed by atoms with E-state index in [9.17, 15) is 0 Å². The SMILES string of the molecule is NCC#Cc1csc(COc2ccc(Cl)cc2)c1. The molecular formula is C14H12ClNOS. The van der Waals surface area contributed by atoms with Crippen LogP contribution in [-0.2, 0) is 6.61 Å². The van der Waals surface area contributed by atoms with Gasteiger partial charge in [0.05, 0.1) is 6.54 Å². The molecule has 0 unspecified atom stereocenters. The highest BCUT2D eigenvalue weighted by atomic mass is 35.5. The smallest absolute Gasteiger partial charge is 0.122 e. The number of ether oxygens (including phenoxy) is 1. The van der Waals surface area contributed by atoms with Gasteiger partial charge in [-0.1, -0.05) is 23.4 Å². The molecule has 0 saturated heterocycles. The van der Waals surface area contributed by atoms with E-state index >= 15 is 0 Å². The van der Waals surface area contributed by atoms with Crippen molar-refractivity contribution >= 4 is 22.9 Å². The summed E-state index contributed by atoms with van der Waals surface area (Å²) in [5.41, 5.74) is 6.31. The van der Waals surface area contributed by atoms with E-state index in [0.717, 1.165) is 16.2 Å². The summed E-state index contributed by atoms with van der Waals surface area (Å²) < 4.78 is 5.64. The third-order valence-electron chi connectivity index (χ3n) is 2.18. The van der Waals surface area contributed by atoms with Crippen molar-refractivity contribution in [1.29, 1.82) is 0 Å². The largest absolute Gasteiger partial charge is 0.488 e. The lowest BCUT2D eigenvalue weighted by Crippen LogP contribution is -1.93. The number of hydrogen-bond donors (Lipinski definition) is 1. The Bertz CT molecular complexity index is 565. The number of nitrogens with two attached hydrogens (primary N) is 1. The molecule has 1 aromatic heterocycles. The van der Waals surface area contributed by atoms with Gasteiger partial charge in [0.1, 0.15) is 12.4 Å². The molecule has 2 N–H and O–H groups in total. The fraction of sp³-hybridized carbons (Fsp3) is 0.143. The molecule has 0 aliphatic heterocycles. The third-order valence-corrected chi connectivity index (χ3v) is 3.35. The summed E-state index contributed by atoms with van der Waals surface area (Å²) in [6.07, 6.45) is 0. The minimum Gasteiger partial charge on any atom is -0.488 e. The molecule has 2 nitrogen and oxygen atoms in total. The fourth-order valence-corrected chi connectivity index (χ4v) is 2.21. The second-order valence-corrected chi connectivity index (χ2v) is 4.98. The van der Waals surface area contributed by atoms with Gasteiger partial charge in [-0.25, -0.2) is 0 Å². The Labute approximate surface area is 115 Å². The standard InChI is InChI=1S/C14H12ClNOS/c15-12-3-5-13(6-4-12)17-9-14-8-11(10-18-14)2-1-7-16/h3-6,8,10H,7,9,16H2. The van der Waals surface area contributed by atoms with Crippen molar-refractivity contribution < 1.29 is 4.74 Å². The molecule has 0 amide bonds. The van der Waals surface area contributed by atoms with Crippen molar-refractivity contribution in [3.8, 4) is 17.6 Å². The summed E-state index contributed by atoms with van der Waals surface area (Å²) in [6.45, 7) is 0.920. The number of halogens is 1. The Balaban J connectivity index is 1.94. The zero-order valence-electron chi connectivity index (χ0n) is 9.65. The normalized spacial score (nSPS) is 9.67. The van der Waals surface area contributed by atoms with Crippen LogP contribution < -0.4 is 10.5 Å². The van der Waals surface area contributed by atoms with Crippen molar-refractivity contribution in [3.63, 3.8) is 0 Å². The van der Waals surface area contributed by atoms with Gasteiger partial charge in [0.15, 0.2) is 0 Å². The van der Waals surface area contributed by atoms with Crippen molar-refractivity contribution in [1.82, 2.24) is 0 Å². The van der Waals surface area contributed by atoms with Crippen LogP contribution in [0, 0.1) is 11.8 Å². The second-order valence-electron chi connectivity index (χ2n) is 3.55. The van der Waals surface area contributed by atoms with E-state index in [2.05, 4.69) is 11.8 Å². The van der Waals surface area contributed by atoms with Crippen molar-refractivity contribution in [2.24, 2.45) is 5.73 Å². The van der Waals surface area contributed by atoms with Crippen LogP contribution >= 0.6 is 22.9 Å². The van der Waals surface area contributed by atoms with E-state index in [0.29, 0.717) is 18.2 Å². The summed E-state index contributed by atoms with van der Waals surface area (Å²) in [5, 5.41) is 2.71. The molecule has 0 bridgehead atoms. The zero-order valence-corrected chi connectivity index (χ0v) is 11.2. The monoisotopic (exact) mass is 277 g/mol. The van der Waals surface area contributed by atoms with Crippen LogP contribution in [0.25, 0.3) is 0 Å². The molecule has 0 aliphatic rings. The maximum atomic E-state index is 5.80. The first-order valence-electron chi connectivity index (χ1n) is 5.42. The minimum absolute atomic E-state index is 0.381. The maximum absolute atomic E-state index is 5.80. The van der Waals surface area contributed by atoms with Gasteiger partial charge in [0.2, 0.25) is 0 Å². The summed E-state index contributed by atoms with van der Waals surface area (Å²) >= 11 is 7.43. The Hall–Kier alpha value is -1.47. The molecule has 2 rings (SSSR count). The van der Waals surface area contributed by atoms with Gasteiger partial charge in [0, 0.05) is 20.8 Å². The Morgan fingerprint density at radius 3 is 2.78 bits per heavy atom. The van der Waals surface area contributed by atoms with Crippen LogP contribution in [0.2, 0.25) is 5.02 Å². The summed E-state index contributed by atoms with van der Waals surface area (Å²) in [4.78, 5) is 1.13. The summed E-state index contributed by atoms with van der Waals surface area (Å²) in [7, 11) is 0. The van der Waals surface area contributed by atoms with Gasteiger partial charge >= 0.3 is 0 Å². The molecule has 4 heteroatoms. The second kappa shape index (κ2) is 6.46. The van der Waals surface area contributed by atoms with Crippen molar-refractivity contribution in [2.75, 3.05) is 6.54 Å². The van der Waals surface area contributed by atoms with Crippen molar-refractivity contribution in [2.45, 2.75) is 6.61 Å². The van der Waals surface area contributed by atoms with Crippen molar-refractivity contribution in [3.05, 3.63) is 51.2 Å². The van der Waals surface area contributed by atoms with Gasteiger partial charge < -0.3 is 10.5 Å². The molecule has 0 spiro atoms. The van der Waals surface area contributed by atoms with Crippen LogP contribution in [0.15, 0.2) is 35.7 Å². The maximum Gasteiger partial charge on any atom is 0.122 e. The zero-order chi connectivity index (χ0) is 12.8. The Morgan fingerprint density at radius 2 is 2.06 bits per heavy atom. The number of thiophene rings is 1. The Kier molecular flexibility index (Phi) is 4.66. The van der Waals surface area contributed by atoms with Gasteiger partial charge in [-0.05, 0) is 30.3 Å². The molecule has 0 saturated carbocycles. The molecule has 18 heavy (non-hydrogen) atoms. The first kappa shape index (κ1) is 13.0. The van der Waals surface area contributed by atoms with E-state index in [1.165, 1.54) is 0 Å². The fourth-order valence-electron chi connectivity index (χ4n) is 1.36. The predicted molar refractivity (Wildman–Crippen MR) is 76.0 cm³/mol. The molecule has 1 aromatic carbocycles. The summed E-state index contributed by atoms with van der Waals surface area (Å²) in [6, 6.07) is 9.34. The lowest BCUT2D eigenvalue weighted by molar-refractivity contribution is 0.310. The van der Waals surface area contributed by atoms with E-state index in [1.807, 2.05) is 35.7 Å². The third kappa shape index (κ3) is 3.78. The number of hydrogen-bond acceptors (Lipinski definition) is 3. The van der Waals surface area contributed by atoms with E-state index in [1.54, 1.807) is 11.3 Å². The first-order chi connectivity index (χ1) is 8.78. The highest BCUT2D eigenvalue weighted by Crippen LogP contribution is 2.19. The highest BCUT2D eigenvalue weighted by molar-refractivity contribution is 7.10. The predicted octanol–water partition coefficient (Wildman–Crippen LogP) is 3.29. The highest BCUT2D eigenvalue weighted by Gasteiger charge is 1.99. The molecule has 0 aliphatic carbocycles. The molecule has 0 atom stereocenters. The van der Waals surface area contributed by atoms with Crippen LogP contribution in [0.1, 0.15) is 10.4 Å². The van der Waals surface area contributed by atoms with Crippen LogP contribution in [0.3, 0.4) is 0 Å². The van der Waals surface area contributed by atoms with Gasteiger partial charge in [-0.2, -0.15) is 0 Å². The van der Waals surface area contributed by atoms with Crippen LogP contribution in [-0.4, -0.2) is 6.54 Å². The topological polar surface area (TPSA) is 35.2 Å². The summed E-state index contributed by atoms with van der Waals surface area (Å²) in [5.74, 6) is 6.63. The average molecular weight is 278 g/mol. The van der Waals surface area contributed by atoms with Gasteiger partial charge in [-0.15, -0.1) is 11.3 Å². The molecule has 0 fully saturated rings. The molecule has 0 radical (unpaired) electrons. The minimum atomic E-state index is 0.381. The number of benzene rings is 1. The van der Waals surface area contributed by atoms with Gasteiger partial charge in [-0.3, -0.25) is 0 Å². The quantitative estimate of drug-likeness (QED) is 0.874. The first-order valence-corrected chi connectivity index (χ1v) is 6.68. The van der Waals surface area contributed by atoms with Crippen LogP contribution in [0.4, 0.5) is 0 Å². The molecule has 92 valence electrons. The number of rotatable bonds is 3. The lowest BCUT2D eigenvalue weighted by Gasteiger charge is -2.03.